The van der Waals surface area contributed by atoms with Crippen LogP contribution in [-0.2, 0) is 6.54 Å². The van der Waals surface area contributed by atoms with Gasteiger partial charge in [0, 0.05) is 4.47 Å². The third-order valence-electron chi connectivity index (χ3n) is 2.94. The van der Waals surface area contributed by atoms with Crippen LogP contribution >= 0.6 is 31.9 Å². The molecule has 20 heavy (non-hydrogen) atoms. The summed E-state index contributed by atoms with van der Waals surface area (Å²) in [6.07, 6.45) is 0. The average molecular weight is 397 g/mol. The molecule has 0 aliphatic heterocycles. The maximum atomic E-state index is 5.90. The molecule has 1 aromatic carbocycles. The lowest BCUT2D eigenvalue weighted by atomic mass is 10.2. The minimum Gasteiger partial charge on any atom is -0.382 e. The number of nitrogens with zero attached hydrogens (tertiary/aromatic N) is 4. The molecule has 0 saturated heterocycles. The molecular formula is C13H11Br2N5. The zero-order valence-electron chi connectivity index (χ0n) is 10.6. The van der Waals surface area contributed by atoms with Crippen LogP contribution in [0.1, 0.15) is 11.4 Å². The van der Waals surface area contributed by atoms with E-state index in [2.05, 4.69) is 58.9 Å². The van der Waals surface area contributed by atoms with Gasteiger partial charge in [0.05, 0.1) is 6.54 Å². The molecule has 0 radical (unpaired) electrons. The Balaban J connectivity index is 2.11. The van der Waals surface area contributed by atoms with E-state index >= 15 is 0 Å². The summed E-state index contributed by atoms with van der Waals surface area (Å²) in [6.45, 7) is 2.49. The van der Waals surface area contributed by atoms with Crippen molar-refractivity contribution in [1.82, 2.24) is 19.5 Å². The summed E-state index contributed by atoms with van der Waals surface area (Å²) in [5, 5.41) is 0. The number of nitrogens with two attached hydrogens (primary N) is 1. The number of hydrogen-bond donors (Lipinski definition) is 1. The molecule has 0 amide bonds. The van der Waals surface area contributed by atoms with E-state index in [-0.39, 0.29) is 0 Å². The summed E-state index contributed by atoms with van der Waals surface area (Å²) < 4.78 is 3.73. The maximum absolute atomic E-state index is 5.90. The standard InChI is InChI=1S/C13H11Br2N5/c1-7-17-11(16)10-12(18-7)20(13(15)19-10)6-8-2-4-9(14)5-3-8/h2-5H,6H2,1H3,(H2,16,17,18). The van der Waals surface area contributed by atoms with Crippen LogP contribution in [0.5, 0.6) is 0 Å². The van der Waals surface area contributed by atoms with Gasteiger partial charge in [0.2, 0.25) is 0 Å². The second kappa shape index (κ2) is 5.14. The van der Waals surface area contributed by atoms with Gasteiger partial charge in [0.1, 0.15) is 5.82 Å². The molecule has 0 atom stereocenters. The number of fused-ring (bicyclic) bond motifs is 1. The van der Waals surface area contributed by atoms with E-state index in [4.69, 9.17) is 5.73 Å². The van der Waals surface area contributed by atoms with Crippen molar-refractivity contribution in [3.8, 4) is 0 Å². The summed E-state index contributed by atoms with van der Waals surface area (Å²) >= 11 is 6.89. The molecule has 102 valence electrons. The molecule has 2 N–H and O–H groups in total. The molecule has 5 nitrogen and oxygen atoms in total. The lowest BCUT2D eigenvalue weighted by molar-refractivity contribution is 0.788. The molecule has 0 bridgehead atoms. The van der Waals surface area contributed by atoms with Crippen LogP contribution in [0.2, 0.25) is 0 Å². The number of rotatable bonds is 2. The van der Waals surface area contributed by atoms with Crippen LogP contribution in [0.3, 0.4) is 0 Å². The Labute approximate surface area is 132 Å². The minimum atomic E-state index is 0.405. The third-order valence-corrected chi connectivity index (χ3v) is 4.07. The van der Waals surface area contributed by atoms with Crippen LogP contribution in [0.25, 0.3) is 11.2 Å². The Morgan fingerprint density at radius 2 is 1.80 bits per heavy atom. The van der Waals surface area contributed by atoms with Gasteiger partial charge < -0.3 is 5.73 Å². The van der Waals surface area contributed by atoms with E-state index in [1.54, 1.807) is 0 Å². The van der Waals surface area contributed by atoms with E-state index in [1.807, 2.05) is 23.6 Å². The van der Waals surface area contributed by atoms with Gasteiger partial charge in [-0.25, -0.2) is 15.0 Å². The zero-order chi connectivity index (χ0) is 14.3. The minimum absolute atomic E-state index is 0.405. The van der Waals surface area contributed by atoms with Gasteiger partial charge in [0.25, 0.3) is 0 Å². The van der Waals surface area contributed by atoms with Crippen molar-refractivity contribution in [1.29, 1.82) is 0 Å². The van der Waals surface area contributed by atoms with E-state index in [1.165, 1.54) is 0 Å². The molecule has 0 unspecified atom stereocenters. The highest BCUT2D eigenvalue weighted by Crippen LogP contribution is 2.23. The van der Waals surface area contributed by atoms with Crippen LogP contribution in [-0.4, -0.2) is 19.5 Å². The van der Waals surface area contributed by atoms with Gasteiger partial charge in [-0.3, -0.25) is 4.57 Å². The largest absolute Gasteiger partial charge is 0.382 e. The average Bonchev–Trinajstić information content (AvgIpc) is 2.70. The molecule has 0 fully saturated rings. The number of imidazole rings is 1. The maximum Gasteiger partial charge on any atom is 0.179 e. The van der Waals surface area contributed by atoms with E-state index < -0.39 is 0 Å². The first-order valence-corrected chi connectivity index (χ1v) is 7.53. The molecule has 2 aromatic heterocycles. The monoisotopic (exact) mass is 395 g/mol. The van der Waals surface area contributed by atoms with E-state index in [0.717, 1.165) is 15.7 Å². The highest BCUT2D eigenvalue weighted by molar-refractivity contribution is 9.10. The summed E-state index contributed by atoms with van der Waals surface area (Å²) in [5.74, 6) is 1.04. The second-order valence-corrected chi connectivity index (χ2v) is 6.05. The third kappa shape index (κ3) is 2.43. The number of hydrogen-bond acceptors (Lipinski definition) is 4. The predicted molar refractivity (Wildman–Crippen MR) is 85.4 cm³/mol. The Morgan fingerprint density at radius 1 is 1.10 bits per heavy atom. The van der Waals surface area contributed by atoms with Crippen molar-refractivity contribution < 1.29 is 0 Å². The number of nitrogen functional groups attached to an aromatic ring is 1. The van der Waals surface area contributed by atoms with Gasteiger partial charge in [0.15, 0.2) is 21.7 Å². The first kappa shape index (κ1) is 13.5. The normalized spacial score (nSPS) is 11.2. The fourth-order valence-electron chi connectivity index (χ4n) is 2.02. The van der Waals surface area contributed by atoms with Crippen molar-refractivity contribution in [3.63, 3.8) is 0 Å². The number of halogens is 2. The van der Waals surface area contributed by atoms with Gasteiger partial charge in [-0.2, -0.15) is 0 Å². The topological polar surface area (TPSA) is 69.6 Å². The molecule has 0 spiro atoms. The van der Waals surface area contributed by atoms with Crippen molar-refractivity contribution in [3.05, 3.63) is 44.9 Å². The Morgan fingerprint density at radius 3 is 2.50 bits per heavy atom. The highest BCUT2D eigenvalue weighted by Gasteiger charge is 2.14. The molecule has 0 saturated carbocycles. The van der Waals surface area contributed by atoms with Crippen LogP contribution in [0.15, 0.2) is 33.5 Å². The molecule has 3 aromatic rings. The Kier molecular flexibility index (Phi) is 3.47. The predicted octanol–water partition coefficient (Wildman–Crippen LogP) is 3.29. The first-order valence-electron chi connectivity index (χ1n) is 5.95. The first-order chi connectivity index (χ1) is 9.54. The highest BCUT2D eigenvalue weighted by atomic mass is 79.9. The second-order valence-electron chi connectivity index (χ2n) is 4.42. The fraction of sp³-hybridized carbons (Fsp3) is 0.154. The number of benzene rings is 1. The molecule has 0 aliphatic carbocycles. The SMILES string of the molecule is Cc1nc(N)c2nc(Br)n(Cc3ccc(Br)cc3)c2n1. The quantitative estimate of drug-likeness (QED) is 0.674. The van der Waals surface area contributed by atoms with Gasteiger partial charge >= 0.3 is 0 Å². The fourth-order valence-corrected chi connectivity index (χ4v) is 2.76. The molecule has 3 rings (SSSR count). The lowest BCUT2D eigenvalue weighted by Gasteiger charge is -2.06. The van der Waals surface area contributed by atoms with E-state index in [0.29, 0.717) is 28.4 Å². The summed E-state index contributed by atoms with van der Waals surface area (Å²) in [4.78, 5) is 13.0. The molecular weight excluding hydrogens is 386 g/mol. The van der Waals surface area contributed by atoms with Crippen LogP contribution in [0, 0.1) is 6.92 Å². The van der Waals surface area contributed by atoms with Crippen LogP contribution in [0.4, 0.5) is 5.82 Å². The number of aromatic nitrogens is 4. The van der Waals surface area contributed by atoms with E-state index in [9.17, 15) is 0 Å². The summed E-state index contributed by atoms with van der Waals surface area (Å²) in [7, 11) is 0. The van der Waals surface area contributed by atoms with Gasteiger partial charge in [-0.05, 0) is 40.5 Å². The Bertz CT molecular complexity index is 780. The molecule has 7 heteroatoms. The molecule has 2 heterocycles. The zero-order valence-corrected chi connectivity index (χ0v) is 13.8. The summed E-state index contributed by atoms with van der Waals surface area (Å²) in [5.41, 5.74) is 8.42. The van der Waals surface area contributed by atoms with Crippen molar-refractivity contribution in [2.24, 2.45) is 0 Å². The number of aryl methyl sites for hydroxylation is 1. The van der Waals surface area contributed by atoms with Crippen LogP contribution < -0.4 is 5.73 Å². The lowest BCUT2D eigenvalue weighted by Crippen LogP contribution is -2.03. The smallest absolute Gasteiger partial charge is 0.179 e. The van der Waals surface area contributed by atoms with Gasteiger partial charge in [-0.1, -0.05) is 28.1 Å². The number of anilines is 1. The van der Waals surface area contributed by atoms with Crippen molar-refractivity contribution in [2.45, 2.75) is 13.5 Å². The Hall–Kier alpha value is -1.47. The van der Waals surface area contributed by atoms with Crippen molar-refractivity contribution in [2.75, 3.05) is 5.73 Å². The molecule has 0 aliphatic rings. The summed E-state index contributed by atoms with van der Waals surface area (Å²) in [6, 6.07) is 8.13. The van der Waals surface area contributed by atoms with Gasteiger partial charge in [-0.15, -0.1) is 0 Å². The van der Waals surface area contributed by atoms with Crippen molar-refractivity contribution >= 4 is 48.8 Å².